The van der Waals surface area contributed by atoms with Crippen LogP contribution in [0.2, 0.25) is 0 Å². The summed E-state index contributed by atoms with van der Waals surface area (Å²) < 4.78 is 15.6. The predicted molar refractivity (Wildman–Crippen MR) is 51.2 cm³/mol. The third kappa shape index (κ3) is 2.96. The Kier molecular flexibility index (Phi) is 3.48. The highest BCUT2D eigenvalue weighted by molar-refractivity contribution is 14.1. The molecule has 0 aliphatic rings. The second-order valence-corrected chi connectivity index (χ2v) is 4.33. The van der Waals surface area contributed by atoms with Gasteiger partial charge in [0.15, 0.2) is 25.3 Å². The molecule has 60 valence electrons. The van der Waals surface area contributed by atoms with Crippen molar-refractivity contribution < 1.29 is 7.81 Å². The number of rotatable bonds is 3. The zero-order valence-electron chi connectivity index (χ0n) is 6.16. The number of ether oxygens (including phenoxy) is 1. The van der Waals surface area contributed by atoms with E-state index in [1.807, 2.05) is 37.3 Å². The fraction of sp³-hybridized carbons (Fsp3) is 0.250. The van der Waals surface area contributed by atoms with Crippen LogP contribution in [-0.2, 0) is 3.07 Å². The summed E-state index contributed by atoms with van der Waals surface area (Å²) in [5.41, 5.74) is 0. The first-order valence-corrected chi connectivity index (χ1v) is 5.43. The zero-order chi connectivity index (χ0) is 8.10. The zero-order valence-corrected chi connectivity index (χ0v) is 8.32. The number of halogens is 1. The maximum Gasteiger partial charge on any atom is 0.189 e. The third-order valence-corrected chi connectivity index (χ3v) is 2.14. The molecule has 1 aromatic rings. The van der Waals surface area contributed by atoms with Crippen LogP contribution in [0, 0.1) is 0 Å². The molecule has 0 amide bonds. The van der Waals surface area contributed by atoms with Crippen molar-refractivity contribution in [3.8, 4) is 5.75 Å². The van der Waals surface area contributed by atoms with E-state index in [-0.39, 0.29) is 4.11 Å². The smallest absolute Gasteiger partial charge is 0.189 e. The lowest BCUT2D eigenvalue weighted by Gasteiger charge is -2.05. The normalized spacial score (nSPS) is 12.5. The first-order chi connectivity index (χ1) is 5.33. The molecule has 1 unspecified atom stereocenters. The highest BCUT2D eigenvalue weighted by atomic mass is 127. The molecule has 0 N–H and O–H groups in total. The van der Waals surface area contributed by atoms with Gasteiger partial charge in [0.2, 0.25) is 0 Å². The summed E-state index contributed by atoms with van der Waals surface area (Å²) in [4.78, 5) is 0. The summed E-state index contributed by atoms with van der Waals surface area (Å²) in [5, 5.41) is 0. The highest BCUT2D eigenvalue weighted by Gasteiger charge is 2.00. The Balaban J connectivity index is 2.57. The van der Waals surface area contributed by atoms with E-state index in [4.69, 9.17) is 4.74 Å². The average Bonchev–Trinajstić information content (AvgIpc) is 2.06. The predicted octanol–water partition coefficient (Wildman–Crippen LogP) is 2.73. The quantitative estimate of drug-likeness (QED) is 0.619. The lowest BCUT2D eigenvalue weighted by molar-refractivity contribution is 0.321. The van der Waals surface area contributed by atoms with Crippen LogP contribution in [-0.4, -0.2) is 4.11 Å². The average molecular weight is 264 g/mol. The number of benzene rings is 1. The molecule has 0 saturated heterocycles. The molecule has 0 aliphatic heterocycles. The van der Waals surface area contributed by atoms with Crippen LogP contribution in [0.4, 0.5) is 0 Å². The van der Waals surface area contributed by atoms with E-state index in [1.54, 1.807) is 0 Å². The largest absolute Gasteiger partial charge is 0.478 e. The molecule has 1 rings (SSSR count). The minimum absolute atomic E-state index is 0.129. The van der Waals surface area contributed by atoms with E-state index in [9.17, 15) is 3.07 Å². The van der Waals surface area contributed by atoms with Gasteiger partial charge in [0, 0.05) is 0 Å². The maximum atomic E-state index is 10.4. The minimum atomic E-state index is -1.05. The fourth-order valence-electron chi connectivity index (χ4n) is 0.705. The Morgan fingerprint density at radius 3 is 2.55 bits per heavy atom. The summed E-state index contributed by atoms with van der Waals surface area (Å²) in [5.74, 6) is 0.788. The molecule has 0 heterocycles. The summed E-state index contributed by atoms with van der Waals surface area (Å²) in [6, 6.07) is 9.42. The van der Waals surface area contributed by atoms with Crippen molar-refractivity contribution >= 4 is 21.2 Å². The van der Waals surface area contributed by atoms with Crippen molar-refractivity contribution in [2.24, 2.45) is 0 Å². The van der Waals surface area contributed by atoms with Gasteiger partial charge in [0.1, 0.15) is 5.75 Å². The van der Waals surface area contributed by atoms with Crippen LogP contribution >= 0.6 is 21.2 Å². The summed E-state index contributed by atoms with van der Waals surface area (Å²) in [7, 11) is 0. The molecular formula is C8H9IO2. The summed E-state index contributed by atoms with van der Waals surface area (Å²) >= 11 is -1.05. The molecule has 0 spiro atoms. The molecule has 0 radical (unpaired) electrons. The van der Waals surface area contributed by atoms with Gasteiger partial charge in [-0.15, -0.1) is 0 Å². The number of alkyl halides is 1. The standard InChI is InChI=1S/C8H9IO2/c1-7(9-10)11-8-5-3-2-4-6-8/h2-7H,1H3. The Labute approximate surface area is 76.2 Å². The van der Waals surface area contributed by atoms with E-state index in [0.717, 1.165) is 5.75 Å². The van der Waals surface area contributed by atoms with Crippen LogP contribution in [0.25, 0.3) is 0 Å². The van der Waals surface area contributed by atoms with Crippen LogP contribution < -0.4 is 4.74 Å². The second kappa shape index (κ2) is 4.43. The lowest BCUT2D eigenvalue weighted by atomic mass is 10.3. The van der Waals surface area contributed by atoms with E-state index >= 15 is 0 Å². The molecule has 1 atom stereocenters. The van der Waals surface area contributed by atoms with Crippen LogP contribution in [0.15, 0.2) is 30.3 Å². The SMILES string of the molecule is CC(Oc1ccccc1)I=O. The number of hydrogen-bond donors (Lipinski definition) is 0. The van der Waals surface area contributed by atoms with Gasteiger partial charge in [-0.2, -0.15) is 0 Å². The van der Waals surface area contributed by atoms with E-state index in [2.05, 4.69) is 0 Å². The molecule has 2 nitrogen and oxygen atoms in total. The van der Waals surface area contributed by atoms with Crippen molar-refractivity contribution in [3.05, 3.63) is 30.3 Å². The molecular weight excluding hydrogens is 255 g/mol. The molecule has 0 aromatic heterocycles. The van der Waals surface area contributed by atoms with Crippen molar-refractivity contribution in [1.82, 2.24) is 0 Å². The third-order valence-electron chi connectivity index (χ3n) is 1.17. The van der Waals surface area contributed by atoms with E-state index in [0.29, 0.717) is 0 Å². The monoisotopic (exact) mass is 264 g/mol. The highest BCUT2D eigenvalue weighted by Crippen LogP contribution is 2.15. The minimum Gasteiger partial charge on any atom is -0.478 e. The van der Waals surface area contributed by atoms with Crippen molar-refractivity contribution in [2.75, 3.05) is 0 Å². The van der Waals surface area contributed by atoms with Crippen LogP contribution in [0.3, 0.4) is 0 Å². The van der Waals surface area contributed by atoms with Crippen LogP contribution in [0.5, 0.6) is 5.75 Å². The Morgan fingerprint density at radius 1 is 1.36 bits per heavy atom. The number of para-hydroxylation sites is 1. The van der Waals surface area contributed by atoms with E-state index in [1.165, 1.54) is 0 Å². The molecule has 3 heteroatoms. The van der Waals surface area contributed by atoms with Crippen LogP contribution in [0.1, 0.15) is 6.92 Å². The first kappa shape index (κ1) is 8.64. The van der Waals surface area contributed by atoms with Gasteiger partial charge in [-0.05, 0) is 19.1 Å². The summed E-state index contributed by atoms with van der Waals surface area (Å²) in [6.07, 6.45) is 0. The molecule has 11 heavy (non-hydrogen) atoms. The summed E-state index contributed by atoms with van der Waals surface area (Å²) in [6.45, 7) is 1.81. The fourth-order valence-corrected chi connectivity index (χ4v) is 1.10. The van der Waals surface area contributed by atoms with E-state index < -0.39 is 21.2 Å². The van der Waals surface area contributed by atoms with Gasteiger partial charge in [-0.1, -0.05) is 18.2 Å². The Hall–Kier alpha value is -0.450. The molecule has 1 aromatic carbocycles. The van der Waals surface area contributed by atoms with Crippen molar-refractivity contribution in [1.29, 1.82) is 0 Å². The Bertz CT molecular complexity index is 223. The Morgan fingerprint density at radius 2 is 2.00 bits per heavy atom. The molecule has 0 saturated carbocycles. The first-order valence-electron chi connectivity index (χ1n) is 3.30. The maximum absolute atomic E-state index is 10.4. The van der Waals surface area contributed by atoms with Gasteiger partial charge in [0.25, 0.3) is 0 Å². The second-order valence-electron chi connectivity index (χ2n) is 2.06. The molecule has 0 fully saturated rings. The van der Waals surface area contributed by atoms with Gasteiger partial charge in [0.05, 0.1) is 0 Å². The van der Waals surface area contributed by atoms with Gasteiger partial charge < -0.3 is 4.74 Å². The van der Waals surface area contributed by atoms with Gasteiger partial charge >= 0.3 is 0 Å². The van der Waals surface area contributed by atoms with Crippen molar-refractivity contribution in [3.63, 3.8) is 0 Å². The van der Waals surface area contributed by atoms with Crippen molar-refractivity contribution in [2.45, 2.75) is 11.0 Å². The number of hydrogen-bond acceptors (Lipinski definition) is 2. The molecule has 0 aliphatic carbocycles. The van der Waals surface area contributed by atoms with Gasteiger partial charge in [-0.3, -0.25) is 3.07 Å². The topological polar surface area (TPSA) is 26.3 Å². The van der Waals surface area contributed by atoms with Gasteiger partial charge in [-0.25, -0.2) is 0 Å². The molecule has 0 bridgehead atoms. The lowest BCUT2D eigenvalue weighted by Crippen LogP contribution is -2.01.